The smallest absolute Gasteiger partial charge is 0.133 e. The van der Waals surface area contributed by atoms with Gasteiger partial charge in [-0.3, -0.25) is 0 Å². The van der Waals surface area contributed by atoms with Gasteiger partial charge in [0.1, 0.15) is 11.7 Å². The molecule has 0 atom stereocenters. The predicted octanol–water partition coefficient (Wildman–Crippen LogP) is 4.08. The van der Waals surface area contributed by atoms with Gasteiger partial charge in [0.05, 0.1) is 5.57 Å². The lowest BCUT2D eigenvalue weighted by molar-refractivity contribution is 0.473. The molecule has 0 aliphatic heterocycles. The summed E-state index contributed by atoms with van der Waals surface area (Å²) >= 11 is 3.36. The maximum absolute atomic E-state index is 11.0. The quantitative estimate of drug-likeness (QED) is 0.684. The number of rotatable bonds is 3. The number of hydrogen-bond acceptors (Lipinski definition) is 2. The highest BCUT2D eigenvalue weighted by molar-refractivity contribution is 9.10. The molecule has 0 aliphatic rings. The fraction of sp³-hybridized carbons (Fsp3) is 0. The Bertz CT molecular complexity index is 651. The minimum Gasteiger partial charge on any atom is -0.507 e. The maximum Gasteiger partial charge on any atom is 0.133 e. The molecule has 2 nitrogen and oxygen atoms in total. The van der Waals surface area contributed by atoms with E-state index in [-0.39, 0.29) is 5.75 Å². The van der Waals surface area contributed by atoms with Gasteiger partial charge in [-0.2, -0.15) is 0 Å². The van der Waals surface area contributed by atoms with E-state index in [9.17, 15) is 9.90 Å². The molecule has 0 bridgehead atoms. The monoisotopic (exact) mass is 314 g/mol. The fourth-order valence-corrected chi connectivity index (χ4v) is 1.90. The van der Waals surface area contributed by atoms with Gasteiger partial charge in [0.2, 0.25) is 0 Å². The van der Waals surface area contributed by atoms with Gasteiger partial charge in [-0.25, -0.2) is 4.79 Å². The standard InChI is InChI=1S/C16H11BrO2/c17-14-9-6-12(7-10-14)5-8-13(11-18)15-3-1-2-4-16(15)19/h1-10,19H/b8-5+. The molecule has 0 saturated carbocycles. The maximum atomic E-state index is 11.0. The van der Waals surface area contributed by atoms with Crippen molar-refractivity contribution in [1.29, 1.82) is 0 Å². The van der Waals surface area contributed by atoms with Crippen molar-refractivity contribution in [3.8, 4) is 5.75 Å². The minimum atomic E-state index is 0.0707. The van der Waals surface area contributed by atoms with E-state index in [1.807, 2.05) is 30.2 Å². The summed E-state index contributed by atoms with van der Waals surface area (Å²) in [6, 6.07) is 14.4. The topological polar surface area (TPSA) is 37.3 Å². The number of carbonyl (C=O) groups excluding carboxylic acids is 1. The van der Waals surface area contributed by atoms with Crippen LogP contribution in [0.2, 0.25) is 0 Å². The first-order valence-corrected chi connectivity index (χ1v) is 6.47. The van der Waals surface area contributed by atoms with Gasteiger partial charge in [-0.1, -0.05) is 46.3 Å². The van der Waals surface area contributed by atoms with Crippen molar-refractivity contribution in [2.75, 3.05) is 0 Å². The molecule has 2 aromatic carbocycles. The van der Waals surface area contributed by atoms with Crippen molar-refractivity contribution in [1.82, 2.24) is 0 Å². The third kappa shape index (κ3) is 3.44. The van der Waals surface area contributed by atoms with Crippen LogP contribution >= 0.6 is 15.9 Å². The Morgan fingerprint density at radius 2 is 1.79 bits per heavy atom. The summed E-state index contributed by atoms with van der Waals surface area (Å²) in [4.78, 5) is 11.0. The Kier molecular flexibility index (Phi) is 4.35. The van der Waals surface area contributed by atoms with Gasteiger partial charge < -0.3 is 5.11 Å². The summed E-state index contributed by atoms with van der Waals surface area (Å²) < 4.78 is 0.997. The summed E-state index contributed by atoms with van der Waals surface area (Å²) in [6.07, 6.45) is 3.45. The Morgan fingerprint density at radius 1 is 1.11 bits per heavy atom. The molecular weight excluding hydrogens is 304 g/mol. The molecular formula is C16H11BrO2. The zero-order valence-electron chi connectivity index (χ0n) is 10.0. The third-order valence-corrected chi connectivity index (χ3v) is 3.15. The second-order valence-electron chi connectivity index (χ2n) is 3.92. The van der Waals surface area contributed by atoms with E-state index in [1.54, 1.807) is 36.4 Å². The molecule has 3 heteroatoms. The molecule has 19 heavy (non-hydrogen) atoms. The Morgan fingerprint density at radius 3 is 2.42 bits per heavy atom. The van der Waals surface area contributed by atoms with E-state index in [4.69, 9.17) is 0 Å². The van der Waals surface area contributed by atoms with E-state index in [1.165, 1.54) is 0 Å². The number of phenolic OH excluding ortho intramolecular Hbond substituents is 1. The van der Waals surface area contributed by atoms with Crippen LogP contribution in [-0.4, -0.2) is 11.0 Å². The van der Waals surface area contributed by atoms with Crippen LogP contribution in [0.3, 0.4) is 0 Å². The van der Waals surface area contributed by atoms with E-state index < -0.39 is 0 Å². The fourth-order valence-electron chi connectivity index (χ4n) is 1.63. The van der Waals surface area contributed by atoms with Crippen LogP contribution in [0.4, 0.5) is 0 Å². The second kappa shape index (κ2) is 6.19. The number of halogens is 1. The van der Waals surface area contributed by atoms with Crippen molar-refractivity contribution in [3.63, 3.8) is 0 Å². The molecule has 0 aliphatic carbocycles. The molecule has 2 aromatic rings. The average molecular weight is 315 g/mol. The van der Waals surface area contributed by atoms with Crippen molar-refractivity contribution in [2.24, 2.45) is 0 Å². The average Bonchev–Trinajstić information content (AvgIpc) is 2.43. The van der Waals surface area contributed by atoms with Crippen LogP contribution in [0.5, 0.6) is 5.75 Å². The zero-order chi connectivity index (χ0) is 13.7. The third-order valence-electron chi connectivity index (χ3n) is 2.62. The van der Waals surface area contributed by atoms with E-state index in [0.29, 0.717) is 11.1 Å². The highest BCUT2D eigenvalue weighted by atomic mass is 79.9. The lowest BCUT2D eigenvalue weighted by Crippen LogP contribution is -1.83. The van der Waals surface area contributed by atoms with Crippen molar-refractivity contribution < 1.29 is 9.90 Å². The number of aromatic hydroxyl groups is 1. The molecule has 2 rings (SSSR count). The molecule has 0 saturated heterocycles. The van der Waals surface area contributed by atoms with Crippen LogP contribution in [0.15, 0.2) is 59.1 Å². The van der Waals surface area contributed by atoms with Crippen LogP contribution in [0.25, 0.3) is 11.6 Å². The molecule has 0 aromatic heterocycles. The molecule has 0 heterocycles. The Balaban J connectivity index is 2.28. The first kappa shape index (κ1) is 13.3. The van der Waals surface area contributed by atoms with Gasteiger partial charge in [-0.15, -0.1) is 0 Å². The lowest BCUT2D eigenvalue weighted by atomic mass is 10.0. The molecule has 0 radical (unpaired) electrons. The summed E-state index contributed by atoms with van der Waals surface area (Å²) in [5, 5.41) is 9.71. The van der Waals surface area contributed by atoms with Gasteiger partial charge in [0.15, 0.2) is 0 Å². The van der Waals surface area contributed by atoms with Crippen LogP contribution in [0.1, 0.15) is 11.1 Å². The summed E-state index contributed by atoms with van der Waals surface area (Å²) in [5.41, 5.74) is 1.76. The van der Waals surface area contributed by atoms with Crippen molar-refractivity contribution >= 4 is 33.5 Å². The highest BCUT2D eigenvalue weighted by Gasteiger charge is 2.04. The second-order valence-corrected chi connectivity index (χ2v) is 4.83. The van der Waals surface area contributed by atoms with Gasteiger partial charge in [0.25, 0.3) is 0 Å². The molecule has 0 amide bonds. The molecule has 94 valence electrons. The van der Waals surface area contributed by atoms with Crippen molar-refractivity contribution in [2.45, 2.75) is 0 Å². The van der Waals surface area contributed by atoms with E-state index in [2.05, 4.69) is 15.9 Å². The number of hydrogen-bond donors (Lipinski definition) is 1. The normalized spacial score (nSPS) is 10.4. The Hall–Kier alpha value is -2.09. The first-order chi connectivity index (χ1) is 9.20. The largest absolute Gasteiger partial charge is 0.507 e. The summed E-state index contributed by atoms with van der Waals surface area (Å²) in [6.45, 7) is 0. The first-order valence-electron chi connectivity index (χ1n) is 5.68. The van der Waals surface area contributed by atoms with E-state index >= 15 is 0 Å². The predicted molar refractivity (Wildman–Crippen MR) is 80.4 cm³/mol. The van der Waals surface area contributed by atoms with E-state index in [0.717, 1.165) is 10.0 Å². The number of benzene rings is 2. The molecule has 0 fully saturated rings. The number of phenols is 1. The molecule has 1 N–H and O–H groups in total. The lowest BCUT2D eigenvalue weighted by Gasteiger charge is -2.01. The summed E-state index contributed by atoms with van der Waals surface area (Å²) in [7, 11) is 0. The molecule has 0 unspecified atom stereocenters. The highest BCUT2D eigenvalue weighted by Crippen LogP contribution is 2.24. The van der Waals surface area contributed by atoms with Gasteiger partial charge >= 0.3 is 0 Å². The van der Waals surface area contributed by atoms with Crippen LogP contribution < -0.4 is 0 Å². The Labute approximate surface area is 119 Å². The van der Waals surface area contributed by atoms with Gasteiger partial charge in [-0.05, 0) is 35.9 Å². The minimum absolute atomic E-state index is 0.0707. The SMILES string of the molecule is O=C=C(/C=C/c1ccc(Br)cc1)c1ccccc1O. The van der Waals surface area contributed by atoms with Gasteiger partial charge in [0, 0.05) is 10.0 Å². The number of allylic oxidation sites excluding steroid dienone is 2. The van der Waals surface area contributed by atoms with Crippen LogP contribution in [-0.2, 0) is 4.79 Å². The van der Waals surface area contributed by atoms with Crippen molar-refractivity contribution in [3.05, 3.63) is 70.2 Å². The zero-order valence-corrected chi connectivity index (χ0v) is 11.6. The summed E-state index contributed by atoms with van der Waals surface area (Å²) in [5.74, 6) is 1.92. The molecule has 0 spiro atoms. The van der Waals surface area contributed by atoms with Crippen LogP contribution in [0, 0.1) is 0 Å². The number of para-hydroxylation sites is 1.